The van der Waals surface area contributed by atoms with E-state index in [1.165, 1.54) is 0 Å². The van der Waals surface area contributed by atoms with Gasteiger partial charge in [-0.2, -0.15) is 0 Å². The van der Waals surface area contributed by atoms with Crippen LogP contribution in [0.2, 0.25) is 0 Å². The Hall–Kier alpha value is -2.49. The minimum atomic E-state index is -0.165. The van der Waals surface area contributed by atoms with Crippen molar-refractivity contribution in [2.45, 2.75) is 26.5 Å². The quantitative estimate of drug-likeness (QED) is 0.889. The molecule has 0 atom stereocenters. The van der Waals surface area contributed by atoms with Crippen LogP contribution in [-0.2, 0) is 6.54 Å². The third-order valence-electron chi connectivity index (χ3n) is 3.13. The highest BCUT2D eigenvalue weighted by Crippen LogP contribution is 2.20. The number of hydrogen-bond acceptors (Lipinski definition) is 3. The summed E-state index contributed by atoms with van der Waals surface area (Å²) < 4.78 is 11.0. The van der Waals surface area contributed by atoms with E-state index < -0.39 is 0 Å². The van der Waals surface area contributed by atoms with Crippen LogP contribution in [0, 0.1) is 0 Å². The molecule has 22 heavy (non-hydrogen) atoms. The van der Waals surface area contributed by atoms with Crippen LogP contribution in [0.15, 0.2) is 48.5 Å². The number of hydrogen-bond donors (Lipinski definition) is 1. The van der Waals surface area contributed by atoms with Gasteiger partial charge in [-0.05, 0) is 32.0 Å². The second-order valence-corrected chi connectivity index (χ2v) is 5.16. The number of benzene rings is 2. The molecule has 1 amide bonds. The van der Waals surface area contributed by atoms with E-state index in [4.69, 9.17) is 9.47 Å². The van der Waals surface area contributed by atoms with Crippen LogP contribution in [-0.4, -0.2) is 19.1 Å². The lowest BCUT2D eigenvalue weighted by Crippen LogP contribution is -2.24. The first-order valence-corrected chi connectivity index (χ1v) is 7.27. The van der Waals surface area contributed by atoms with Crippen LogP contribution >= 0.6 is 0 Å². The topological polar surface area (TPSA) is 47.6 Å². The molecule has 0 radical (unpaired) electrons. The van der Waals surface area contributed by atoms with E-state index >= 15 is 0 Å². The van der Waals surface area contributed by atoms with Crippen LogP contribution in [0.1, 0.15) is 29.8 Å². The Morgan fingerprint density at radius 3 is 2.36 bits per heavy atom. The second-order valence-electron chi connectivity index (χ2n) is 5.16. The zero-order valence-corrected chi connectivity index (χ0v) is 13.1. The molecule has 0 aliphatic rings. The molecule has 0 aliphatic heterocycles. The fourth-order valence-electron chi connectivity index (χ4n) is 2.13. The van der Waals surface area contributed by atoms with Gasteiger partial charge in [-0.3, -0.25) is 4.79 Å². The molecule has 0 bridgehead atoms. The number of carbonyl (C=O) groups excluding carboxylic acids is 1. The number of methoxy groups -OCH3 is 1. The lowest BCUT2D eigenvalue weighted by Gasteiger charge is -2.14. The highest BCUT2D eigenvalue weighted by atomic mass is 16.5. The third-order valence-corrected chi connectivity index (χ3v) is 3.13. The Labute approximate surface area is 131 Å². The van der Waals surface area contributed by atoms with Crippen molar-refractivity contribution in [1.82, 2.24) is 5.32 Å². The first-order chi connectivity index (χ1) is 10.6. The van der Waals surface area contributed by atoms with Gasteiger partial charge in [0.05, 0.1) is 18.8 Å². The minimum Gasteiger partial charge on any atom is -0.496 e. The van der Waals surface area contributed by atoms with Crippen LogP contribution in [0.25, 0.3) is 0 Å². The van der Waals surface area contributed by atoms with E-state index in [9.17, 15) is 4.79 Å². The van der Waals surface area contributed by atoms with Gasteiger partial charge in [0.1, 0.15) is 11.5 Å². The summed E-state index contributed by atoms with van der Waals surface area (Å²) in [6, 6.07) is 14.9. The summed E-state index contributed by atoms with van der Waals surface area (Å²) in [5.74, 6) is 1.19. The summed E-state index contributed by atoms with van der Waals surface area (Å²) >= 11 is 0. The number of ether oxygens (including phenoxy) is 2. The summed E-state index contributed by atoms with van der Waals surface area (Å²) in [6.07, 6.45) is 0.0168. The standard InChI is InChI=1S/C18H21NO3/c1-13(2)22-17-11-7-5-9-15(17)18(20)19-12-14-8-4-6-10-16(14)21-3/h4-11,13H,12H2,1-3H3,(H,19,20). The van der Waals surface area contributed by atoms with Crippen molar-refractivity contribution in [3.8, 4) is 11.5 Å². The van der Waals surface area contributed by atoms with Gasteiger partial charge < -0.3 is 14.8 Å². The molecular formula is C18H21NO3. The molecule has 116 valence electrons. The van der Waals surface area contributed by atoms with Crippen molar-refractivity contribution >= 4 is 5.91 Å². The molecule has 4 heteroatoms. The first-order valence-electron chi connectivity index (χ1n) is 7.27. The van der Waals surface area contributed by atoms with E-state index in [1.54, 1.807) is 19.2 Å². The summed E-state index contributed by atoms with van der Waals surface area (Å²) in [5.41, 5.74) is 1.46. The van der Waals surface area contributed by atoms with E-state index in [0.29, 0.717) is 17.9 Å². The molecule has 0 spiro atoms. The molecule has 0 aromatic heterocycles. The molecule has 1 N–H and O–H groups in total. The Morgan fingerprint density at radius 1 is 1.05 bits per heavy atom. The Morgan fingerprint density at radius 2 is 1.68 bits per heavy atom. The molecule has 4 nitrogen and oxygen atoms in total. The number of carbonyl (C=O) groups is 1. The number of rotatable bonds is 6. The lowest BCUT2D eigenvalue weighted by atomic mass is 10.1. The van der Waals surface area contributed by atoms with Crippen molar-refractivity contribution in [3.05, 3.63) is 59.7 Å². The summed E-state index contributed by atoms with van der Waals surface area (Å²) in [6.45, 7) is 4.27. The first kappa shape index (κ1) is 15.9. The molecular weight excluding hydrogens is 278 g/mol. The van der Waals surface area contributed by atoms with Crippen LogP contribution in [0.4, 0.5) is 0 Å². The molecule has 2 aromatic carbocycles. The average molecular weight is 299 g/mol. The van der Waals surface area contributed by atoms with E-state index in [2.05, 4.69) is 5.32 Å². The van der Waals surface area contributed by atoms with Crippen molar-refractivity contribution < 1.29 is 14.3 Å². The maximum Gasteiger partial charge on any atom is 0.255 e. The van der Waals surface area contributed by atoms with Crippen LogP contribution in [0.5, 0.6) is 11.5 Å². The summed E-state index contributed by atoms with van der Waals surface area (Å²) in [4.78, 5) is 12.4. The van der Waals surface area contributed by atoms with Crippen LogP contribution in [0.3, 0.4) is 0 Å². The predicted molar refractivity (Wildman–Crippen MR) is 86.4 cm³/mol. The fourth-order valence-corrected chi connectivity index (χ4v) is 2.13. The zero-order chi connectivity index (χ0) is 15.9. The minimum absolute atomic E-state index is 0.0168. The van der Waals surface area contributed by atoms with E-state index in [-0.39, 0.29) is 12.0 Å². The SMILES string of the molecule is COc1ccccc1CNC(=O)c1ccccc1OC(C)C. The second kappa shape index (κ2) is 7.50. The highest BCUT2D eigenvalue weighted by Gasteiger charge is 2.13. The Bertz CT molecular complexity index is 638. The van der Waals surface area contributed by atoms with Crippen molar-refractivity contribution in [2.24, 2.45) is 0 Å². The van der Waals surface area contributed by atoms with Crippen LogP contribution < -0.4 is 14.8 Å². The molecule has 2 rings (SSSR count). The maximum absolute atomic E-state index is 12.4. The van der Waals surface area contributed by atoms with Crippen molar-refractivity contribution in [2.75, 3.05) is 7.11 Å². The van der Waals surface area contributed by atoms with Gasteiger partial charge in [-0.1, -0.05) is 30.3 Å². The van der Waals surface area contributed by atoms with Gasteiger partial charge in [0.2, 0.25) is 0 Å². The van der Waals surface area contributed by atoms with E-state index in [1.807, 2.05) is 50.2 Å². The monoisotopic (exact) mass is 299 g/mol. The molecule has 0 heterocycles. The lowest BCUT2D eigenvalue weighted by molar-refractivity contribution is 0.0945. The predicted octanol–water partition coefficient (Wildman–Crippen LogP) is 3.41. The molecule has 0 fully saturated rings. The van der Waals surface area contributed by atoms with Crippen molar-refractivity contribution in [1.29, 1.82) is 0 Å². The van der Waals surface area contributed by atoms with Gasteiger partial charge in [0, 0.05) is 12.1 Å². The van der Waals surface area contributed by atoms with E-state index in [0.717, 1.165) is 11.3 Å². The molecule has 2 aromatic rings. The summed E-state index contributed by atoms with van der Waals surface area (Å²) in [5, 5.41) is 2.90. The van der Waals surface area contributed by atoms with Gasteiger partial charge in [-0.15, -0.1) is 0 Å². The normalized spacial score (nSPS) is 10.4. The zero-order valence-electron chi connectivity index (χ0n) is 13.1. The maximum atomic E-state index is 12.4. The largest absolute Gasteiger partial charge is 0.496 e. The summed E-state index contributed by atoms with van der Waals surface area (Å²) in [7, 11) is 1.62. The Kier molecular flexibility index (Phi) is 5.42. The molecule has 0 aliphatic carbocycles. The fraction of sp³-hybridized carbons (Fsp3) is 0.278. The van der Waals surface area contributed by atoms with Crippen molar-refractivity contribution in [3.63, 3.8) is 0 Å². The Balaban J connectivity index is 2.10. The van der Waals surface area contributed by atoms with Gasteiger partial charge in [-0.25, -0.2) is 0 Å². The van der Waals surface area contributed by atoms with Gasteiger partial charge >= 0.3 is 0 Å². The number of nitrogens with one attached hydrogen (secondary N) is 1. The third kappa shape index (κ3) is 4.01. The average Bonchev–Trinajstić information content (AvgIpc) is 2.52. The molecule has 0 saturated carbocycles. The smallest absolute Gasteiger partial charge is 0.255 e. The molecule has 0 saturated heterocycles. The highest BCUT2D eigenvalue weighted by molar-refractivity contribution is 5.96. The van der Waals surface area contributed by atoms with Gasteiger partial charge in [0.15, 0.2) is 0 Å². The number of para-hydroxylation sites is 2. The molecule has 0 unspecified atom stereocenters. The number of amides is 1. The van der Waals surface area contributed by atoms with Gasteiger partial charge in [0.25, 0.3) is 5.91 Å².